The second-order valence-corrected chi connectivity index (χ2v) is 8.83. The van der Waals surface area contributed by atoms with E-state index in [9.17, 15) is 15.2 Å². The molecule has 1 fully saturated rings. The molecule has 2 aliphatic rings. The number of pyridine rings is 1. The van der Waals surface area contributed by atoms with E-state index in [2.05, 4.69) is 40.2 Å². The van der Waals surface area contributed by atoms with Crippen LogP contribution >= 0.6 is 0 Å². The van der Waals surface area contributed by atoms with Gasteiger partial charge in [0.1, 0.15) is 0 Å². The van der Waals surface area contributed by atoms with E-state index >= 15 is 0 Å². The number of carbonyl (C=O) groups is 1. The van der Waals surface area contributed by atoms with E-state index in [0.717, 1.165) is 25.9 Å². The van der Waals surface area contributed by atoms with Crippen LogP contribution in [0.1, 0.15) is 47.4 Å². The van der Waals surface area contributed by atoms with Crippen molar-refractivity contribution in [2.24, 2.45) is 0 Å². The van der Waals surface area contributed by atoms with E-state index in [0.29, 0.717) is 24.3 Å². The molecule has 30 heavy (non-hydrogen) atoms. The zero-order chi connectivity index (χ0) is 21.3. The molecule has 0 aliphatic carbocycles. The Hall–Kier alpha value is -2.75. The van der Waals surface area contributed by atoms with Crippen molar-refractivity contribution in [2.75, 3.05) is 19.6 Å². The van der Waals surface area contributed by atoms with Crippen LogP contribution in [0.25, 0.3) is 0 Å². The number of piperidine rings is 1. The lowest BCUT2D eigenvalue weighted by atomic mass is 9.90. The maximum atomic E-state index is 12.9. The van der Waals surface area contributed by atoms with E-state index < -0.39 is 11.5 Å². The Morgan fingerprint density at radius 2 is 1.97 bits per heavy atom. The summed E-state index contributed by atoms with van der Waals surface area (Å²) in [4.78, 5) is 21.3. The van der Waals surface area contributed by atoms with Crippen molar-refractivity contribution in [1.29, 1.82) is 5.26 Å². The summed E-state index contributed by atoms with van der Waals surface area (Å²) in [5.41, 5.74) is 3.17. The summed E-state index contributed by atoms with van der Waals surface area (Å²) in [5, 5.41) is 20.1. The van der Waals surface area contributed by atoms with Gasteiger partial charge in [-0.05, 0) is 49.9 Å². The molecule has 2 aromatic rings. The van der Waals surface area contributed by atoms with Crippen molar-refractivity contribution >= 4 is 5.91 Å². The van der Waals surface area contributed by atoms with Gasteiger partial charge in [0.05, 0.1) is 28.8 Å². The number of aromatic nitrogens is 1. The summed E-state index contributed by atoms with van der Waals surface area (Å²) < 4.78 is 0. The first-order valence-electron chi connectivity index (χ1n) is 10.5. The number of aliphatic hydroxyl groups excluding tert-OH is 1. The van der Waals surface area contributed by atoms with Crippen LogP contribution in [0, 0.1) is 11.3 Å². The number of rotatable bonds is 3. The molecule has 0 radical (unpaired) electrons. The van der Waals surface area contributed by atoms with Gasteiger partial charge in [0.25, 0.3) is 5.91 Å². The number of nitriles is 1. The minimum Gasteiger partial charge on any atom is -0.390 e. The summed E-state index contributed by atoms with van der Waals surface area (Å²) in [6, 6.07) is 14.2. The molecule has 0 unspecified atom stereocenters. The molecule has 1 saturated heterocycles. The fourth-order valence-corrected chi connectivity index (χ4v) is 4.46. The van der Waals surface area contributed by atoms with Crippen molar-refractivity contribution in [3.05, 3.63) is 65.0 Å². The summed E-state index contributed by atoms with van der Waals surface area (Å²) in [7, 11) is 0. The standard InChI is InChI=1S/C24H28N4O2/c1-24(2,16-25)22-8-7-18(13-26-22)23(30)28-12-10-20(21(29)15-28)27-11-9-17-5-3-4-6-19(17)14-27/h3-8,13,20-21,29H,9-12,14-15H2,1-2H3/t20-,21-/m1/s1. The molecule has 1 aromatic carbocycles. The minimum atomic E-state index is -0.691. The first kappa shape index (κ1) is 20.5. The Morgan fingerprint density at radius 1 is 1.20 bits per heavy atom. The molecule has 3 heterocycles. The number of likely N-dealkylation sites (tertiary alicyclic amines) is 1. The Labute approximate surface area is 177 Å². The Kier molecular flexibility index (Phi) is 5.59. The second kappa shape index (κ2) is 8.17. The van der Waals surface area contributed by atoms with E-state index in [-0.39, 0.29) is 11.9 Å². The molecule has 1 amide bonds. The van der Waals surface area contributed by atoms with E-state index in [1.54, 1.807) is 30.9 Å². The van der Waals surface area contributed by atoms with Crippen molar-refractivity contribution in [3.8, 4) is 6.07 Å². The number of fused-ring (bicyclic) bond motifs is 1. The quantitative estimate of drug-likeness (QED) is 0.850. The average molecular weight is 405 g/mol. The van der Waals surface area contributed by atoms with Gasteiger partial charge < -0.3 is 10.0 Å². The number of hydrogen-bond donors (Lipinski definition) is 1. The maximum absolute atomic E-state index is 12.9. The lowest BCUT2D eigenvalue weighted by Crippen LogP contribution is -2.56. The van der Waals surface area contributed by atoms with Crippen LogP contribution in [0.2, 0.25) is 0 Å². The molecule has 0 spiro atoms. The van der Waals surface area contributed by atoms with Crippen LogP contribution in [0.5, 0.6) is 0 Å². The average Bonchev–Trinajstić information content (AvgIpc) is 2.78. The molecule has 2 atom stereocenters. The van der Waals surface area contributed by atoms with Gasteiger partial charge in [0.2, 0.25) is 0 Å². The van der Waals surface area contributed by atoms with Crippen LogP contribution in [0.4, 0.5) is 0 Å². The monoisotopic (exact) mass is 404 g/mol. The molecule has 156 valence electrons. The van der Waals surface area contributed by atoms with Crippen LogP contribution in [0.15, 0.2) is 42.6 Å². The largest absolute Gasteiger partial charge is 0.390 e. The number of amides is 1. The number of aliphatic hydroxyl groups is 1. The van der Waals surface area contributed by atoms with E-state index in [4.69, 9.17) is 0 Å². The van der Waals surface area contributed by atoms with E-state index in [1.807, 2.05) is 0 Å². The number of β-amino-alcohol motifs (C(OH)–C–C–N with tert-alkyl or cyclic N) is 1. The van der Waals surface area contributed by atoms with Gasteiger partial charge in [-0.25, -0.2) is 0 Å². The molecule has 4 rings (SSSR count). The highest BCUT2D eigenvalue weighted by Gasteiger charge is 2.35. The highest BCUT2D eigenvalue weighted by Crippen LogP contribution is 2.26. The first-order chi connectivity index (χ1) is 14.4. The van der Waals surface area contributed by atoms with Gasteiger partial charge in [0, 0.05) is 38.4 Å². The van der Waals surface area contributed by atoms with E-state index in [1.165, 1.54) is 17.3 Å². The molecular weight excluding hydrogens is 376 g/mol. The lowest BCUT2D eigenvalue weighted by Gasteiger charge is -2.43. The van der Waals surface area contributed by atoms with Crippen molar-refractivity contribution in [2.45, 2.75) is 50.8 Å². The van der Waals surface area contributed by atoms with Gasteiger partial charge in [-0.15, -0.1) is 0 Å². The molecule has 1 N–H and O–H groups in total. The fourth-order valence-electron chi connectivity index (χ4n) is 4.46. The van der Waals surface area contributed by atoms with Gasteiger partial charge >= 0.3 is 0 Å². The normalized spacial score (nSPS) is 22.3. The molecular formula is C24H28N4O2. The van der Waals surface area contributed by atoms with Crippen molar-refractivity contribution in [3.63, 3.8) is 0 Å². The van der Waals surface area contributed by atoms with Crippen LogP contribution in [0.3, 0.4) is 0 Å². The molecule has 6 nitrogen and oxygen atoms in total. The summed E-state index contributed by atoms with van der Waals surface area (Å²) in [5.74, 6) is -0.120. The topological polar surface area (TPSA) is 80.5 Å². The molecule has 1 aromatic heterocycles. The molecule has 0 saturated carbocycles. The van der Waals surface area contributed by atoms with Crippen molar-refractivity contribution in [1.82, 2.24) is 14.8 Å². The Morgan fingerprint density at radius 3 is 2.63 bits per heavy atom. The fraction of sp³-hybridized carbons (Fsp3) is 0.458. The smallest absolute Gasteiger partial charge is 0.255 e. The SMILES string of the molecule is CC(C)(C#N)c1ccc(C(=O)N2CC[C@@H](N3CCc4ccccc4C3)[C@H](O)C2)cn1. The molecule has 6 heteroatoms. The number of carbonyl (C=O) groups excluding carboxylic acids is 1. The molecule has 0 bridgehead atoms. The predicted octanol–water partition coefficient (Wildman–Crippen LogP) is 2.52. The zero-order valence-corrected chi connectivity index (χ0v) is 17.6. The third kappa shape index (κ3) is 3.96. The second-order valence-electron chi connectivity index (χ2n) is 8.83. The Balaban J connectivity index is 1.40. The highest BCUT2D eigenvalue weighted by molar-refractivity contribution is 5.94. The summed E-state index contributed by atoms with van der Waals surface area (Å²) in [6.07, 6.45) is 2.72. The lowest BCUT2D eigenvalue weighted by molar-refractivity contribution is -0.0137. The third-order valence-electron chi connectivity index (χ3n) is 6.39. The summed E-state index contributed by atoms with van der Waals surface area (Å²) >= 11 is 0. The van der Waals surface area contributed by atoms with Crippen molar-refractivity contribution < 1.29 is 9.90 Å². The van der Waals surface area contributed by atoms with Gasteiger partial charge in [-0.2, -0.15) is 5.26 Å². The highest BCUT2D eigenvalue weighted by atomic mass is 16.3. The van der Waals surface area contributed by atoms with Crippen LogP contribution in [-0.4, -0.2) is 57.6 Å². The van der Waals surface area contributed by atoms with Gasteiger partial charge in [0.15, 0.2) is 0 Å². The maximum Gasteiger partial charge on any atom is 0.255 e. The Bertz CT molecular complexity index is 964. The van der Waals surface area contributed by atoms with Crippen LogP contribution in [-0.2, 0) is 18.4 Å². The number of benzene rings is 1. The van der Waals surface area contributed by atoms with Gasteiger partial charge in [-0.1, -0.05) is 24.3 Å². The van der Waals surface area contributed by atoms with Crippen LogP contribution < -0.4 is 0 Å². The molecule has 2 aliphatic heterocycles. The number of hydrogen-bond acceptors (Lipinski definition) is 5. The van der Waals surface area contributed by atoms with Gasteiger partial charge in [-0.3, -0.25) is 14.7 Å². The zero-order valence-electron chi connectivity index (χ0n) is 17.6. The predicted molar refractivity (Wildman–Crippen MR) is 114 cm³/mol. The number of nitrogens with zero attached hydrogens (tertiary/aromatic N) is 4. The first-order valence-corrected chi connectivity index (χ1v) is 10.5. The minimum absolute atomic E-state index is 0.0688. The third-order valence-corrected chi connectivity index (χ3v) is 6.39. The summed E-state index contributed by atoms with van der Waals surface area (Å²) in [6.45, 7) is 6.34.